The first kappa shape index (κ1) is 20.0. The van der Waals surface area contributed by atoms with Crippen molar-refractivity contribution >= 4 is 11.9 Å². The van der Waals surface area contributed by atoms with Crippen LogP contribution in [-0.4, -0.2) is 81.3 Å². The molecule has 24 heavy (non-hydrogen) atoms. The van der Waals surface area contributed by atoms with E-state index in [1.807, 2.05) is 0 Å². The van der Waals surface area contributed by atoms with Crippen LogP contribution >= 0.6 is 0 Å². The average molecular weight is 354 g/mol. The summed E-state index contributed by atoms with van der Waals surface area (Å²) in [5, 5.41) is 42.1. The Hall–Kier alpha value is -2.05. The molecule has 11 nitrogen and oxygen atoms in total. The smallest absolute Gasteiger partial charge is 0.372 e. The number of hydrogen-bond donors (Lipinski definition) is 5. The molecule has 1 saturated heterocycles. The number of azide groups is 1. The van der Waals surface area contributed by atoms with Gasteiger partial charge in [-0.25, -0.2) is 9.18 Å². The number of aliphatic hydroxyl groups is 3. The monoisotopic (exact) mass is 354 g/mol. The number of aliphatic hydroxyl groups excluding tert-OH is 3. The molecule has 0 radical (unpaired) electrons. The number of rotatable bonds is 6. The number of alkyl halides is 2. The fourth-order valence-electron chi connectivity index (χ4n) is 2.30. The minimum absolute atomic E-state index is 0.814. The summed E-state index contributed by atoms with van der Waals surface area (Å²) in [5.74, 6) is -7.22. The molecule has 0 bridgehead atoms. The van der Waals surface area contributed by atoms with Crippen molar-refractivity contribution in [2.24, 2.45) is 5.11 Å². The van der Waals surface area contributed by atoms with E-state index in [1.165, 1.54) is 0 Å². The van der Waals surface area contributed by atoms with Crippen LogP contribution in [0.2, 0.25) is 0 Å². The Balaban J connectivity index is 3.39. The van der Waals surface area contributed by atoms with Crippen LogP contribution in [0.5, 0.6) is 0 Å². The van der Waals surface area contributed by atoms with E-state index in [2.05, 4.69) is 20.1 Å². The van der Waals surface area contributed by atoms with Crippen molar-refractivity contribution in [3.8, 4) is 0 Å². The summed E-state index contributed by atoms with van der Waals surface area (Å²) in [4.78, 5) is 24.5. The average Bonchev–Trinajstić information content (AvgIpc) is 2.52. The Morgan fingerprint density at radius 2 is 2.08 bits per heavy atom. The molecule has 0 spiro atoms. The molecule has 1 heterocycles. The highest BCUT2D eigenvalue weighted by molar-refractivity contribution is 5.77. The van der Waals surface area contributed by atoms with E-state index >= 15 is 0 Å². The summed E-state index contributed by atoms with van der Waals surface area (Å²) >= 11 is 0. The number of ether oxygens (including phenoxy) is 1. The molecule has 5 N–H and O–H groups in total. The molecule has 0 aromatic heterocycles. The van der Waals surface area contributed by atoms with Crippen LogP contribution in [0.15, 0.2) is 5.11 Å². The first-order valence-corrected chi connectivity index (χ1v) is 6.62. The van der Waals surface area contributed by atoms with E-state index in [0.717, 1.165) is 6.92 Å². The number of halogens is 2. The number of aliphatic carboxylic acids is 1. The van der Waals surface area contributed by atoms with Crippen LogP contribution in [0.1, 0.15) is 6.92 Å². The van der Waals surface area contributed by atoms with Gasteiger partial charge in [0.1, 0.15) is 18.3 Å². The first-order valence-electron chi connectivity index (χ1n) is 6.62. The molecule has 0 saturated carbocycles. The van der Waals surface area contributed by atoms with Crippen molar-refractivity contribution in [1.82, 2.24) is 5.32 Å². The summed E-state index contributed by atoms with van der Waals surface area (Å²) < 4.78 is 33.1. The van der Waals surface area contributed by atoms with E-state index < -0.39 is 60.9 Å². The maximum Gasteiger partial charge on any atom is 0.372 e. The number of nitrogens with zero attached hydrogens (tertiary/aromatic N) is 3. The number of carbonyl (C=O) groups is 2. The van der Waals surface area contributed by atoms with Crippen LogP contribution in [0.3, 0.4) is 0 Å². The molecule has 0 aromatic carbocycles. The van der Waals surface area contributed by atoms with Crippen molar-refractivity contribution in [3.05, 3.63) is 10.4 Å². The van der Waals surface area contributed by atoms with Crippen molar-refractivity contribution in [1.29, 1.82) is 0 Å². The van der Waals surface area contributed by atoms with Gasteiger partial charge in [0.15, 0.2) is 6.17 Å². The minimum Gasteiger partial charge on any atom is -0.477 e. The minimum atomic E-state index is -4.01. The number of nitrogens with one attached hydrogen (secondary N) is 1. The molecule has 0 aliphatic carbocycles. The van der Waals surface area contributed by atoms with E-state index in [4.69, 9.17) is 15.7 Å². The first-order chi connectivity index (χ1) is 11.1. The fourth-order valence-corrected chi connectivity index (χ4v) is 2.30. The largest absolute Gasteiger partial charge is 0.477 e. The molecule has 13 heteroatoms. The van der Waals surface area contributed by atoms with Gasteiger partial charge in [0.2, 0.25) is 5.91 Å². The lowest BCUT2D eigenvalue weighted by atomic mass is 9.86. The van der Waals surface area contributed by atoms with Gasteiger partial charge in [-0.15, -0.1) is 0 Å². The summed E-state index contributed by atoms with van der Waals surface area (Å²) in [5.41, 5.74) is 8.49. The van der Waals surface area contributed by atoms with Gasteiger partial charge in [-0.05, 0) is 5.53 Å². The van der Waals surface area contributed by atoms with Crippen molar-refractivity contribution in [2.45, 2.75) is 49.3 Å². The van der Waals surface area contributed by atoms with Crippen molar-refractivity contribution in [3.63, 3.8) is 0 Å². The number of amides is 1. The third-order valence-electron chi connectivity index (χ3n) is 3.45. The van der Waals surface area contributed by atoms with E-state index in [1.54, 1.807) is 0 Å². The normalized spacial score (nSPS) is 35.4. The maximum absolute atomic E-state index is 14.4. The van der Waals surface area contributed by atoms with Gasteiger partial charge in [-0.1, -0.05) is 5.11 Å². The number of carboxylic acid groups (broad SMARTS) is 1. The topological polar surface area (TPSA) is 185 Å². The summed E-state index contributed by atoms with van der Waals surface area (Å²) in [6.45, 7) is -0.0494. The van der Waals surface area contributed by atoms with Gasteiger partial charge in [0.25, 0.3) is 0 Å². The lowest BCUT2D eigenvalue weighted by Gasteiger charge is -2.45. The number of carboxylic acids is 1. The van der Waals surface area contributed by atoms with Gasteiger partial charge < -0.3 is 30.5 Å². The SMILES string of the molecule is CC(=O)NC1C(N=[N+]=[N-])C(F)C(F)(C(=O)O)OC1[C@H](O)[C@H](O)CO. The molecule has 1 aliphatic rings. The molecule has 1 amide bonds. The van der Waals surface area contributed by atoms with E-state index in [0.29, 0.717) is 0 Å². The van der Waals surface area contributed by atoms with Crippen LogP contribution < -0.4 is 5.32 Å². The lowest BCUT2D eigenvalue weighted by molar-refractivity contribution is -0.276. The zero-order valence-electron chi connectivity index (χ0n) is 12.3. The molecule has 1 rings (SSSR count). The molecule has 1 aliphatic heterocycles. The van der Waals surface area contributed by atoms with Gasteiger partial charge in [0.05, 0.1) is 18.7 Å². The van der Waals surface area contributed by atoms with Crippen molar-refractivity contribution in [2.75, 3.05) is 6.61 Å². The molecule has 136 valence electrons. The highest BCUT2D eigenvalue weighted by Gasteiger charge is 2.62. The van der Waals surface area contributed by atoms with Gasteiger partial charge in [-0.3, -0.25) is 4.79 Å². The highest BCUT2D eigenvalue weighted by atomic mass is 19.2. The van der Waals surface area contributed by atoms with Crippen LogP contribution in [0.25, 0.3) is 10.4 Å². The summed E-state index contributed by atoms with van der Waals surface area (Å²) in [6, 6.07) is -3.80. The number of carbonyl (C=O) groups excluding carboxylic acids is 1. The third-order valence-corrected chi connectivity index (χ3v) is 3.45. The van der Waals surface area contributed by atoms with E-state index in [9.17, 15) is 28.6 Å². The van der Waals surface area contributed by atoms with Gasteiger partial charge in [0, 0.05) is 11.8 Å². The molecule has 0 aromatic rings. The zero-order valence-corrected chi connectivity index (χ0v) is 12.3. The second-order valence-electron chi connectivity index (χ2n) is 5.10. The Morgan fingerprint density at radius 1 is 1.50 bits per heavy atom. The Morgan fingerprint density at radius 3 is 2.50 bits per heavy atom. The Bertz CT molecular complexity index is 546. The number of hydrogen-bond acceptors (Lipinski definition) is 7. The van der Waals surface area contributed by atoms with Gasteiger partial charge in [-0.2, -0.15) is 4.39 Å². The zero-order chi connectivity index (χ0) is 18.7. The summed E-state index contributed by atoms with van der Waals surface area (Å²) in [6.07, 6.45) is -9.09. The second kappa shape index (κ2) is 7.68. The predicted molar refractivity (Wildman–Crippen MR) is 70.9 cm³/mol. The quantitative estimate of drug-likeness (QED) is 0.215. The Kier molecular flexibility index (Phi) is 6.40. The lowest BCUT2D eigenvalue weighted by Crippen LogP contribution is -2.70. The third kappa shape index (κ3) is 3.71. The standard InChI is InChI=1S/C11H16F2N4O7/c1-3(19)15-5-6(16-17-14)9(12)11(13,10(22)23)24-8(5)7(21)4(20)2-18/h4-9,18,20-21H,2H2,1H3,(H,15,19)(H,22,23)/t4-,5?,6?,7-,8?,9?,11?/m1/s1. The van der Waals surface area contributed by atoms with Gasteiger partial charge >= 0.3 is 11.8 Å². The van der Waals surface area contributed by atoms with Crippen LogP contribution in [0, 0.1) is 0 Å². The molecular formula is C11H16F2N4O7. The van der Waals surface area contributed by atoms with Crippen LogP contribution in [-0.2, 0) is 14.3 Å². The second-order valence-corrected chi connectivity index (χ2v) is 5.10. The summed E-state index contributed by atoms with van der Waals surface area (Å²) in [7, 11) is 0. The predicted octanol–water partition coefficient (Wildman–Crippen LogP) is -1.63. The molecular weight excluding hydrogens is 338 g/mol. The van der Waals surface area contributed by atoms with Crippen molar-refractivity contribution < 1.29 is 43.5 Å². The molecule has 1 fully saturated rings. The maximum atomic E-state index is 14.4. The fraction of sp³-hybridized carbons (Fsp3) is 0.818. The molecule has 7 atom stereocenters. The van der Waals surface area contributed by atoms with Crippen LogP contribution in [0.4, 0.5) is 8.78 Å². The van der Waals surface area contributed by atoms with E-state index in [-0.39, 0.29) is 0 Å². The molecule has 5 unspecified atom stereocenters. The Labute approximate surface area is 133 Å². The highest BCUT2D eigenvalue weighted by Crippen LogP contribution is 2.37.